The second kappa shape index (κ2) is 4.14. The van der Waals surface area contributed by atoms with E-state index in [0.717, 1.165) is 10.3 Å². The first-order valence-corrected chi connectivity index (χ1v) is 5.62. The molecule has 0 fully saturated rings. The highest BCUT2D eigenvalue weighted by Crippen LogP contribution is 2.15. The van der Waals surface area contributed by atoms with Gasteiger partial charge in [-0.1, -0.05) is 13.8 Å². The zero-order valence-electron chi connectivity index (χ0n) is 8.68. The largest absolute Gasteiger partial charge is 0.236 e. The monoisotopic (exact) mass is 265 g/mol. The highest BCUT2D eigenvalue weighted by Gasteiger charge is 2.04. The van der Waals surface area contributed by atoms with Gasteiger partial charge >= 0.3 is 0 Å². The Balaban J connectivity index is 2.33. The fourth-order valence-electron chi connectivity index (χ4n) is 1.26. The van der Waals surface area contributed by atoms with Gasteiger partial charge in [-0.2, -0.15) is 5.10 Å². The Morgan fingerprint density at radius 2 is 2.07 bits per heavy atom. The van der Waals surface area contributed by atoms with E-state index in [1.165, 1.54) is 5.56 Å². The average Bonchev–Trinajstić information content (AvgIpc) is 2.68. The first-order valence-electron chi connectivity index (χ1n) is 4.83. The lowest BCUT2D eigenvalue weighted by molar-refractivity contribution is 0.838. The summed E-state index contributed by atoms with van der Waals surface area (Å²) in [6, 6.07) is 3.89. The number of halogens is 1. The Morgan fingerprint density at radius 1 is 1.27 bits per heavy atom. The van der Waals surface area contributed by atoms with Crippen LogP contribution in [0.3, 0.4) is 0 Å². The van der Waals surface area contributed by atoms with Gasteiger partial charge in [0.1, 0.15) is 0 Å². The van der Waals surface area contributed by atoms with Crippen LogP contribution in [0.4, 0.5) is 0 Å². The third-order valence-electron chi connectivity index (χ3n) is 2.22. The predicted octanol–water partition coefficient (Wildman–Crippen LogP) is 3.15. The molecule has 0 radical (unpaired) electrons. The van der Waals surface area contributed by atoms with Crippen molar-refractivity contribution in [1.29, 1.82) is 0 Å². The van der Waals surface area contributed by atoms with E-state index in [4.69, 9.17) is 0 Å². The Bertz CT molecular complexity index is 445. The van der Waals surface area contributed by atoms with Crippen LogP contribution in [0.5, 0.6) is 0 Å². The molecule has 15 heavy (non-hydrogen) atoms. The van der Waals surface area contributed by atoms with Gasteiger partial charge in [-0.15, -0.1) is 0 Å². The molecule has 0 atom stereocenters. The molecule has 3 nitrogen and oxygen atoms in total. The van der Waals surface area contributed by atoms with Crippen LogP contribution >= 0.6 is 15.9 Å². The van der Waals surface area contributed by atoms with Crippen molar-refractivity contribution in [2.24, 2.45) is 0 Å². The molecule has 0 N–H and O–H groups in total. The van der Waals surface area contributed by atoms with E-state index in [1.54, 1.807) is 10.9 Å². The van der Waals surface area contributed by atoms with Gasteiger partial charge in [0.2, 0.25) is 0 Å². The minimum Gasteiger partial charge on any atom is -0.236 e. The average molecular weight is 266 g/mol. The molecule has 0 saturated heterocycles. The minimum absolute atomic E-state index is 0.495. The van der Waals surface area contributed by atoms with Crippen molar-refractivity contribution in [3.8, 4) is 5.82 Å². The molecule has 78 valence electrons. The van der Waals surface area contributed by atoms with Crippen LogP contribution in [0.15, 0.2) is 35.2 Å². The molecule has 0 aliphatic carbocycles. The van der Waals surface area contributed by atoms with Gasteiger partial charge in [-0.3, -0.25) is 0 Å². The van der Waals surface area contributed by atoms with Gasteiger partial charge in [0.15, 0.2) is 5.82 Å². The molecule has 2 aromatic rings. The lowest BCUT2D eigenvalue weighted by atomic mass is 10.1. The van der Waals surface area contributed by atoms with E-state index in [9.17, 15) is 0 Å². The molecule has 2 heterocycles. The molecule has 2 rings (SSSR count). The van der Waals surface area contributed by atoms with Crippen LogP contribution in [-0.4, -0.2) is 14.8 Å². The maximum atomic E-state index is 4.28. The third kappa shape index (κ3) is 2.26. The van der Waals surface area contributed by atoms with Gasteiger partial charge < -0.3 is 0 Å². The first kappa shape index (κ1) is 10.4. The SMILES string of the molecule is CC(C)c1cnn(-c2ccc(Br)cn2)c1. The second-order valence-corrected chi connectivity index (χ2v) is 4.62. The Morgan fingerprint density at radius 3 is 2.60 bits per heavy atom. The lowest BCUT2D eigenvalue weighted by Crippen LogP contribution is -1.96. The molecule has 0 amide bonds. The number of aromatic nitrogens is 3. The summed E-state index contributed by atoms with van der Waals surface area (Å²) in [7, 11) is 0. The Hall–Kier alpha value is -1.16. The van der Waals surface area contributed by atoms with Crippen LogP contribution in [0, 0.1) is 0 Å². The summed E-state index contributed by atoms with van der Waals surface area (Å²) in [5.74, 6) is 1.33. The quantitative estimate of drug-likeness (QED) is 0.835. The third-order valence-corrected chi connectivity index (χ3v) is 2.68. The fourth-order valence-corrected chi connectivity index (χ4v) is 1.50. The fraction of sp³-hybridized carbons (Fsp3) is 0.273. The van der Waals surface area contributed by atoms with Crippen molar-refractivity contribution in [3.63, 3.8) is 0 Å². The second-order valence-electron chi connectivity index (χ2n) is 3.71. The van der Waals surface area contributed by atoms with Gasteiger partial charge in [-0.05, 0) is 39.5 Å². The van der Waals surface area contributed by atoms with Crippen LogP contribution in [0.25, 0.3) is 5.82 Å². The number of nitrogens with zero attached hydrogens (tertiary/aromatic N) is 3. The summed E-state index contributed by atoms with van der Waals surface area (Å²) in [5.41, 5.74) is 1.22. The van der Waals surface area contributed by atoms with Crippen molar-refractivity contribution in [3.05, 3.63) is 40.8 Å². The zero-order chi connectivity index (χ0) is 10.8. The number of pyridine rings is 1. The molecule has 2 aromatic heterocycles. The van der Waals surface area contributed by atoms with E-state index >= 15 is 0 Å². The Kier molecular flexibility index (Phi) is 2.86. The minimum atomic E-state index is 0.495. The Labute approximate surface area is 97.3 Å². The summed E-state index contributed by atoms with van der Waals surface area (Å²) >= 11 is 3.35. The van der Waals surface area contributed by atoms with E-state index < -0.39 is 0 Å². The summed E-state index contributed by atoms with van der Waals surface area (Å²) in [5, 5.41) is 4.28. The van der Waals surface area contributed by atoms with Crippen LogP contribution in [0.1, 0.15) is 25.3 Å². The van der Waals surface area contributed by atoms with Gasteiger partial charge in [0, 0.05) is 16.9 Å². The van der Waals surface area contributed by atoms with E-state index in [-0.39, 0.29) is 0 Å². The van der Waals surface area contributed by atoms with E-state index in [1.807, 2.05) is 24.5 Å². The highest BCUT2D eigenvalue weighted by molar-refractivity contribution is 9.10. The van der Waals surface area contributed by atoms with Crippen molar-refractivity contribution < 1.29 is 0 Å². The van der Waals surface area contributed by atoms with E-state index in [0.29, 0.717) is 5.92 Å². The number of hydrogen-bond donors (Lipinski definition) is 0. The molecule has 0 aromatic carbocycles. The molecule has 4 heteroatoms. The number of hydrogen-bond acceptors (Lipinski definition) is 2. The lowest BCUT2D eigenvalue weighted by Gasteiger charge is -2.00. The smallest absolute Gasteiger partial charge is 0.153 e. The molecule has 0 aliphatic heterocycles. The summed E-state index contributed by atoms with van der Waals surface area (Å²) in [4.78, 5) is 4.27. The normalized spacial score (nSPS) is 10.9. The standard InChI is InChI=1S/C11H12BrN3/c1-8(2)9-5-14-15(7-9)11-4-3-10(12)6-13-11/h3-8H,1-2H3. The molecule has 0 bridgehead atoms. The highest BCUT2D eigenvalue weighted by atomic mass is 79.9. The summed E-state index contributed by atoms with van der Waals surface area (Å²) in [6.07, 6.45) is 5.67. The molecule has 0 spiro atoms. The predicted molar refractivity (Wildman–Crippen MR) is 63.1 cm³/mol. The topological polar surface area (TPSA) is 30.7 Å². The van der Waals surface area contributed by atoms with Crippen molar-refractivity contribution >= 4 is 15.9 Å². The van der Waals surface area contributed by atoms with Gasteiger partial charge in [0.25, 0.3) is 0 Å². The maximum absolute atomic E-state index is 4.28. The maximum Gasteiger partial charge on any atom is 0.153 e. The zero-order valence-corrected chi connectivity index (χ0v) is 10.3. The summed E-state index contributed by atoms with van der Waals surface area (Å²) in [6.45, 7) is 4.30. The van der Waals surface area contributed by atoms with Crippen LogP contribution in [0.2, 0.25) is 0 Å². The molecule has 0 unspecified atom stereocenters. The van der Waals surface area contributed by atoms with Crippen LogP contribution in [-0.2, 0) is 0 Å². The van der Waals surface area contributed by atoms with Gasteiger partial charge in [-0.25, -0.2) is 9.67 Å². The molecular weight excluding hydrogens is 254 g/mol. The van der Waals surface area contributed by atoms with E-state index in [2.05, 4.69) is 39.9 Å². The molecule has 0 saturated carbocycles. The van der Waals surface area contributed by atoms with Gasteiger partial charge in [0.05, 0.1) is 6.20 Å². The van der Waals surface area contributed by atoms with Crippen LogP contribution < -0.4 is 0 Å². The van der Waals surface area contributed by atoms with Crippen molar-refractivity contribution in [2.75, 3.05) is 0 Å². The molecular formula is C11H12BrN3. The summed E-state index contributed by atoms with van der Waals surface area (Å²) < 4.78 is 2.77. The number of rotatable bonds is 2. The molecule has 0 aliphatic rings. The van der Waals surface area contributed by atoms with Crippen molar-refractivity contribution in [2.45, 2.75) is 19.8 Å². The first-order chi connectivity index (χ1) is 7.16. The van der Waals surface area contributed by atoms with Crippen molar-refractivity contribution in [1.82, 2.24) is 14.8 Å².